The number of nitrogens with zero attached hydrogens (tertiary/aromatic N) is 6. The number of benzene rings is 2. The molecule has 4 rings (SSSR count). The molecule has 2 aliphatic heterocycles. The molecule has 14 amide bonds. The molecule has 0 saturated carbocycles. The number of aliphatic carboxylic acids is 4. The van der Waals surface area contributed by atoms with E-state index in [1.165, 1.54) is 26.5 Å². The molecule has 2 aromatic rings. The van der Waals surface area contributed by atoms with Crippen molar-refractivity contribution in [3.05, 3.63) is 71.8 Å². The summed E-state index contributed by atoms with van der Waals surface area (Å²) < 4.78 is 0. The van der Waals surface area contributed by atoms with Crippen molar-refractivity contribution < 1.29 is 107 Å². The number of likely N-dealkylation sites (tertiary alicyclic amines) is 2. The fourth-order valence-electron chi connectivity index (χ4n) is 13.6. The zero-order chi connectivity index (χ0) is 89.8. The molecule has 43 nitrogen and oxygen atoms in total. The summed E-state index contributed by atoms with van der Waals surface area (Å²) in [7, 11) is 0. The van der Waals surface area contributed by atoms with Gasteiger partial charge in [0.25, 0.3) is 0 Å². The summed E-state index contributed by atoms with van der Waals surface area (Å²) >= 11 is 1.43. The number of carbonyl (C=O) groups excluding carboxylic acids is 14. The number of rotatable bonds is 59. The van der Waals surface area contributed by atoms with Gasteiger partial charge in [-0.1, -0.05) is 74.5 Å². The number of carbonyl (C=O) groups is 18. The minimum absolute atomic E-state index is 0.00539. The van der Waals surface area contributed by atoms with Gasteiger partial charge in [0.2, 0.25) is 82.7 Å². The first-order chi connectivity index (χ1) is 57.4. The van der Waals surface area contributed by atoms with E-state index >= 15 is 0 Å². The van der Waals surface area contributed by atoms with Crippen LogP contribution in [-0.2, 0) is 99.1 Å². The van der Waals surface area contributed by atoms with Gasteiger partial charge >= 0.3 is 23.9 Å². The summed E-state index contributed by atoms with van der Waals surface area (Å²) in [6, 6.07) is 2.75. The number of carboxylic acid groups (broad SMARTS) is 4. The molecule has 2 fully saturated rings. The number of nitrogens with one attached hydrogen (secondary N) is 9. The quantitative estimate of drug-likeness (QED) is 0.0166. The maximum Gasteiger partial charge on any atom is 0.317 e. The van der Waals surface area contributed by atoms with E-state index in [9.17, 15) is 107 Å². The van der Waals surface area contributed by atoms with E-state index in [4.69, 9.17) is 34.4 Å². The van der Waals surface area contributed by atoms with Gasteiger partial charge in [0.15, 0.2) is 5.96 Å². The Morgan fingerprint density at radius 3 is 1.32 bits per heavy atom. The van der Waals surface area contributed by atoms with Gasteiger partial charge in [-0.15, -0.1) is 0 Å². The Balaban J connectivity index is 1.59. The number of aliphatic imine (C=N–C) groups is 1. The normalized spacial score (nSPS) is 15.7. The van der Waals surface area contributed by atoms with Crippen molar-refractivity contribution in [1.29, 1.82) is 0 Å². The monoisotopic (exact) mass is 1720 g/mol. The van der Waals surface area contributed by atoms with E-state index in [2.05, 4.69) is 52.8 Å². The first kappa shape index (κ1) is 102. The van der Waals surface area contributed by atoms with E-state index < -0.39 is 232 Å². The Bertz CT molecular complexity index is 3870. The number of guanidine groups is 1. The van der Waals surface area contributed by atoms with Crippen LogP contribution >= 0.6 is 11.8 Å². The molecule has 25 N–H and O–H groups in total. The Morgan fingerprint density at radius 2 is 0.868 bits per heavy atom. The van der Waals surface area contributed by atoms with Crippen molar-refractivity contribution in [2.45, 2.75) is 183 Å². The summed E-state index contributed by atoms with van der Waals surface area (Å²) in [6.45, 7) is -1.34. The maximum absolute atomic E-state index is 15.0. The summed E-state index contributed by atoms with van der Waals surface area (Å²) in [5.41, 5.74) is 34.7. The lowest BCUT2D eigenvalue weighted by molar-refractivity contribution is -0.145. The second kappa shape index (κ2) is 53.8. The minimum Gasteiger partial charge on any atom is -0.480 e. The zero-order valence-electron chi connectivity index (χ0n) is 68.4. The molecule has 0 aliphatic carbocycles. The lowest BCUT2D eigenvalue weighted by atomic mass is 10.0. The van der Waals surface area contributed by atoms with Crippen LogP contribution in [0, 0.1) is 5.92 Å². The predicted molar refractivity (Wildman–Crippen MR) is 439 cm³/mol. The van der Waals surface area contributed by atoms with E-state index in [1.807, 2.05) is 20.1 Å². The summed E-state index contributed by atoms with van der Waals surface area (Å²) in [5, 5.41) is 61.7. The third kappa shape index (κ3) is 39.0. The number of unbranched alkanes of at least 4 members (excludes halogenated alkanes) is 1. The van der Waals surface area contributed by atoms with Crippen LogP contribution in [0.25, 0.3) is 0 Å². The molecule has 0 unspecified atom stereocenters. The Kier molecular flexibility index (Phi) is 45.2. The highest BCUT2D eigenvalue weighted by Gasteiger charge is 2.43. The number of carboxylic acids is 4. The van der Waals surface area contributed by atoms with Gasteiger partial charge in [-0.05, 0) is 119 Å². The largest absolute Gasteiger partial charge is 0.480 e. The molecule has 44 heteroatoms. The van der Waals surface area contributed by atoms with Gasteiger partial charge in [0.05, 0.1) is 39.3 Å². The predicted octanol–water partition coefficient (Wildman–Crippen LogP) is -6.31. The van der Waals surface area contributed by atoms with Crippen LogP contribution in [0.15, 0.2) is 65.7 Å². The van der Waals surface area contributed by atoms with Crippen LogP contribution in [0.5, 0.6) is 0 Å². The zero-order valence-corrected chi connectivity index (χ0v) is 69.3. The molecular weight excluding hydrogens is 1600 g/mol. The van der Waals surface area contributed by atoms with Crippen LogP contribution in [0.2, 0.25) is 0 Å². The molecule has 0 aromatic heterocycles. The van der Waals surface area contributed by atoms with E-state index in [-0.39, 0.29) is 141 Å². The second-order valence-corrected chi connectivity index (χ2v) is 30.9. The van der Waals surface area contributed by atoms with Crippen LogP contribution < -0.4 is 82.3 Å². The van der Waals surface area contributed by atoms with Gasteiger partial charge < -0.3 is 112 Å². The first-order valence-corrected chi connectivity index (χ1v) is 41.3. The minimum atomic E-state index is -1.72. The highest BCUT2D eigenvalue weighted by Crippen LogP contribution is 2.24. The van der Waals surface area contributed by atoms with Gasteiger partial charge in [-0.3, -0.25) is 106 Å². The van der Waals surface area contributed by atoms with Gasteiger partial charge in [-0.2, -0.15) is 11.8 Å². The van der Waals surface area contributed by atoms with Crippen molar-refractivity contribution >= 4 is 124 Å². The highest BCUT2D eigenvalue weighted by atomic mass is 32.2. The van der Waals surface area contributed by atoms with Crippen molar-refractivity contribution in [2.75, 3.05) is 104 Å². The molecule has 0 spiro atoms. The number of hydrogen-bond acceptors (Lipinski definition) is 24. The summed E-state index contributed by atoms with van der Waals surface area (Å²) in [4.78, 5) is 252. The van der Waals surface area contributed by atoms with E-state index in [0.717, 1.165) is 9.80 Å². The van der Waals surface area contributed by atoms with Crippen molar-refractivity contribution in [3.63, 3.8) is 0 Å². The molecule has 2 aliphatic rings. The first-order valence-electron chi connectivity index (χ1n) is 39.9. The van der Waals surface area contributed by atoms with Crippen molar-refractivity contribution in [2.24, 2.45) is 45.3 Å². The van der Waals surface area contributed by atoms with Crippen LogP contribution in [0.4, 0.5) is 0 Å². The average molecular weight is 1720 g/mol. The number of hydrogen-bond donors (Lipinski definition) is 19. The molecule has 0 radical (unpaired) electrons. The fourth-order valence-corrected chi connectivity index (χ4v) is 14.1. The Labute approximate surface area is 704 Å². The SMILES string of the molecule is CSCC[C@H](NC(=O)[C@H](CC(C)C)NC(=O)CNC(=O)[C@H](Cc1ccccc1)NC(=O)[C@H](Cc1ccccc1)NC(=O)[C@H](CCC(N)=O)NC(=O)[C@H](CCC(N)=O)NC(=O)[C@@H]1CCCN1C(=O)[C@H](CCCCN)NC(=O)[C@@H]1CCCN1C(=O)[C@H](CCCN=C(N)N)NC(=O)CN(CCN(CCN(CC(=O)O)CC(=O)O)CC(=O)O)CC(=O)O)C(N)=O. The third-order valence-electron chi connectivity index (χ3n) is 19.6. The third-order valence-corrected chi connectivity index (χ3v) is 20.2. The lowest BCUT2D eigenvalue weighted by Gasteiger charge is -2.32. The van der Waals surface area contributed by atoms with Gasteiger partial charge in [0, 0.05) is 71.5 Å². The molecule has 2 aromatic carbocycles. The molecule has 2 saturated heterocycles. The Hall–Kier alpha value is -11.6. The van der Waals surface area contributed by atoms with E-state index in [0.29, 0.717) is 23.3 Å². The second-order valence-electron chi connectivity index (χ2n) is 29.9. The highest BCUT2D eigenvalue weighted by molar-refractivity contribution is 7.98. The summed E-state index contributed by atoms with van der Waals surface area (Å²) in [5.74, 6) is -17.5. The van der Waals surface area contributed by atoms with Gasteiger partial charge in [0.1, 0.15) is 60.4 Å². The average Bonchev–Trinajstić information content (AvgIpc) is 1.71. The number of primary amides is 3. The summed E-state index contributed by atoms with van der Waals surface area (Å²) in [6.07, 6.45) is 0.829. The van der Waals surface area contributed by atoms with Crippen molar-refractivity contribution in [1.82, 2.24) is 72.4 Å². The molecule has 10 atom stereocenters. The van der Waals surface area contributed by atoms with Crippen LogP contribution in [0.1, 0.15) is 121 Å². The molecule has 2 heterocycles. The number of amides is 14. The topological polar surface area (TPSA) is 681 Å². The maximum atomic E-state index is 15.0. The molecule has 121 heavy (non-hydrogen) atoms. The van der Waals surface area contributed by atoms with E-state index in [1.54, 1.807) is 60.7 Å². The van der Waals surface area contributed by atoms with Gasteiger partial charge in [-0.25, -0.2) is 0 Å². The molecular formula is C77H119N21O22S. The number of thioether (sulfide) groups is 1. The smallest absolute Gasteiger partial charge is 0.317 e. The fraction of sp³-hybridized carbons (Fsp3) is 0.597. The lowest BCUT2D eigenvalue weighted by Crippen LogP contribution is -2.60. The number of nitrogens with two attached hydrogens (primary N) is 6. The van der Waals surface area contributed by atoms with Crippen molar-refractivity contribution in [3.8, 4) is 0 Å². The van der Waals surface area contributed by atoms with Crippen LogP contribution in [-0.4, -0.2) is 322 Å². The Morgan fingerprint density at radius 1 is 0.463 bits per heavy atom. The van der Waals surface area contributed by atoms with Crippen LogP contribution in [0.3, 0.4) is 0 Å². The molecule has 0 bridgehead atoms. The standard InChI is InChI=1S/C77H119N21O22S/c1-46(2)37-54(71(115)88-49(67(81)111)27-36-121-3)87-61(101)40-85-68(112)55(38-47-15-6-4-7-16-47)92-72(116)56(39-48-17-8-5-9-18-48)93-70(114)50(23-25-59(79)99)89-69(113)51(24-26-60(80)100)90-73(117)57-21-13-31-98(57)76(120)53(19-10-11-28-78)91-74(118)58-22-14-30-97(58)75(119)52(20-12-29-84-77(82)83)86-62(102)41-95(43-64(105)106)34-32-94(42-63(103)104)33-35-96(44-65(107)108)45-66(109)110/h4-9,15-18,46,49-58H,10-14,19-45,78H2,1-3H3,(H2,79,99)(H2,80,100)(H2,81,111)(H,85,112)(H,86,102)(H,87,101)(H,88,115)(H,89,113)(H,90,117)(H,91,118)(H,92,116)(H,93,114)(H,103,104)(H,105,106)(H,107,108)(H,109,110)(H4,82,83,84)/t49-,50-,51-,52-,53-,54-,55-,56-,57-,58-/m0/s1. The molecule has 670 valence electrons.